The molecule has 1 heterocycles. The van der Waals surface area contributed by atoms with Crippen LogP contribution in [0.4, 0.5) is 0 Å². The Morgan fingerprint density at radius 2 is 2.27 bits per heavy atom. The van der Waals surface area contributed by atoms with E-state index in [2.05, 4.69) is 29.9 Å². The van der Waals surface area contributed by atoms with E-state index in [4.69, 9.17) is 0 Å². The lowest BCUT2D eigenvalue weighted by molar-refractivity contribution is 0.826. The second kappa shape index (κ2) is 8.04. The zero-order chi connectivity index (χ0) is 11.7. The van der Waals surface area contributed by atoms with Crippen molar-refractivity contribution in [2.24, 2.45) is 4.99 Å². The van der Waals surface area contributed by atoms with Crippen LogP contribution in [0.3, 0.4) is 0 Å². The molecule has 1 N–H and O–H groups in total. The summed E-state index contributed by atoms with van der Waals surface area (Å²) in [6, 6.07) is 0. The zero-order valence-electron chi connectivity index (χ0n) is 10.3. The highest BCUT2D eigenvalue weighted by atomic mass is 15.0. The molecule has 0 aliphatic carbocycles. The van der Waals surface area contributed by atoms with Gasteiger partial charge in [-0.1, -0.05) is 39.0 Å². The van der Waals surface area contributed by atoms with Gasteiger partial charge >= 0.3 is 0 Å². The fourth-order valence-electron chi connectivity index (χ4n) is 1.21. The average Bonchev–Trinajstić information content (AvgIpc) is 2.23. The van der Waals surface area contributed by atoms with E-state index in [9.17, 15) is 0 Å². The van der Waals surface area contributed by atoms with Crippen molar-refractivity contribution in [1.82, 2.24) is 5.32 Å². The molecule has 1 aliphatic heterocycles. The Balaban J connectivity index is 0.000000921. The summed E-state index contributed by atoms with van der Waals surface area (Å²) in [6.45, 7) is 12.6. The quantitative estimate of drug-likeness (QED) is 0.735. The first-order valence-electron chi connectivity index (χ1n) is 5.55. The maximum Gasteiger partial charge on any atom is 0.107 e. The van der Waals surface area contributed by atoms with Crippen LogP contribution in [-0.2, 0) is 0 Å². The third kappa shape index (κ3) is 5.21. The Morgan fingerprint density at radius 3 is 2.80 bits per heavy atom. The molecule has 0 unspecified atom stereocenters. The van der Waals surface area contributed by atoms with Crippen molar-refractivity contribution in [3.8, 4) is 0 Å². The van der Waals surface area contributed by atoms with Crippen molar-refractivity contribution in [3.05, 3.63) is 35.6 Å². The molecule has 0 saturated carbocycles. The highest BCUT2D eigenvalue weighted by Crippen LogP contribution is 2.11. The molecule has 0 spiro atoms. The van der Waals surface area contributed by atoms with Gasteiger partial charge < -0.3 is 5.32 Å². The summed E-state index contributed by atoms with van der Waals surface area (Å²) in [6.07, 6.45) is 7.14. The highest BCUT2D eigenvalue weighted by Gasteiger charge is 2.04. The lowest BCUT2D eigenvalue weighted by atomic mass is 10.1. The van der Waals surface area contributed by atoms with Crippen LogP contribution in [0.2, 0.25) is 0 Å². The molecule has 0 aromatic heterocycles. The largest absolute Gasteiger partial charge is 0.366 e. The fraction of sp³-hybridized carbons (Fsp3) is 0.462. The van der Waals surface area contributed by atoms with Gasteiger partial charge in [0.15, 0.2) is 0 Å². The van der Waals surface area contributed by atoms with E-state index in [-0.39, 0.29) is 0 Å². The third-order valence-corrected chi connectivity index (χ3v) is 1.72. The summed E-state index contributed by atoms with van der Waals surface area (Å²) in [5, 5.41) is 3.22. The molecule has 0 saturated heterocycles. The van der Waals surface area contributed by atoms with Gasteiger partial charge in [0, 0.05) is 17.5 Å². The van der Waals surface area contributed by atoms with Crippen LogP contribution < -0.4 is 5.32 Å². The first-order valence-corrected chi connectivity index (χ1v) is 5.55. The fourth-order valence-corrected chi connectivity index (χ4v) is 1.21. The van der Waals surface area contributed by atoms with Crippen LogP contribution >= 0.6 is 0 Å². The standard InChI is InChI=1S/C11H16N2.C2H6/c1-4-5-10-7-12-8-13-11(10)6-9(2)3;1-2/h5-7,13H,2,4,8H2,1,3H3;1-2H3/b10-5-,11-6+;. The molecule has 1 aliphatic rings. The number of hydrogen-bond acceptors (Lipinski definition) is 2. The van der Waals surface area contributed by atoms with Crippen molar-refractivity contribution in [2.45, 2.75) is 34.1 Å². The predicted octanol–water partition coefficient (Wildman–Crippen LogP) is 3.44. The summed E-state index contributed by atoms with van der Waals surface area (Å²) in [5.74, 6) is 0. The van der Waals surface area contributed by atoms with E-state index in [1.54, 1.807) is 0 Å². The zero-order valence-corrected chi connectivity index (χ0v) is 10.3. The molecular formula is C13H22N2. The Kier molecular flexibility index (Phi) is 7.33. The van der Waals surface area contributed by atoms with E-state index in [1.165, 1.54) is 0 Å². The topological polar surface area (TPSA) is 24.4 Å². The van der Waals surface area contributed by atoms with E-state index in [0.717, 1.165) is 23.3 Å². The molecule has 0 aromatic rings. The Morgan fingerprint density at radius 1 is 1.60 bits per heavy atom. The summed E-state index contributed by atoms with van der Waals surface area (Å²) < 4.78 is 0. The molecular weight excluding hydrogens is 184 g/mol. The first-order chi connectivity index (χ1) is 7.24. The van der Waals surface area contributed by atoms with Crippen LogP contribution in [0.15, 0.2) is 40.6 Å². The number of nitrogens with zero attached hydrogens (tertiary/aromatic N) is 1. The Bertz CT molecular complexity index is 283. The van der Waals surface area contributed by atoms with E-state index < -0.39 is 0 Å². The summed E-state index contributed by atoms with van der Waals surface area (Å²) in [7, 11) is 0. The normalized spacial score (nSPS) is 19.5. The van der Waals surface area contributed by atoms with Gasteiger partial charge in [-0.2, -0.15) is 0 Å². The third-order valence-electron chi connectivity index (χ3n) is 1.72. The summed E-state index contributed by atoms with van der Waals surface area (Å²) in [4.78, 5) is 4.16. The molecule has 1 rings (SSSR count). The monoisotopic (exact) mass is 206 g/mol. The average molecular weight is 206 g/mol. The molecule has 0 bridgehead atoms. The van der Waals surface area contributed by atoms with Crippen LogP contribution in [0, 0.1) is 0 Å². The molecule has 84 valence electrons. The molecule has 0 atom stereocenters. The van der Waals surface area contributed by atoms with Crippen molar-refractivity contribution >= 4 is 6.21 Å². The lowest BCUT2D eigenvalue weighted by Gasteiger charge is -2.14. The number of hydrogen-bond donors (Lipinski definition) is 1. The smallest absolute Gasteiger partial charge is 0.107 e. The minimum Gasteiger partial charge on any atom is -0.366 e. The van der Waals surface area contributed by atoms with E-state index in [0.29, 0.717) is 6.67 Å². The molecule has 15 heavy (non-hydrogen) atoms. The van der Waals surface area contributed by atoms with Gasteiger partial charge in [0.25, 0.3) is 0 Å². The van der Waals surface area contributed by atoms with Gasteiger partial charge in [0.2, 0.25) is 0 Å². The predicted molar refractivity (Wildman–Crippen MR) is 69.1 cm³/mol. The SMILES string of the molecule is C=C(C)/C=C1/NCN=C/C1=C/CC.CC. The first kappa shape index (κ1) is 13.7. The molecule has 0 radical (unpaired) electrons. The summed E-state index contributed by atoms with van der Waals surface area (Å²) >= 11 is 0. The van der Waals surface area contributed by atoms with Crippen molar-refractivity contribution in [3.63, 3.8) is 0 Å². The molecule has 0 fully saturated rings. The van der Waals surface area contributed by atoms with Crippen LogP contribution in [0.5, 0.6) is 0 Å². The number of nitrogens with one attached hydrogen (secondary N) is 1. The van der Waals surface area contributed by atoms with Crippen LogP contribution in [0.1, 0.15) is 34.1 Å². The number of aliphatic imine (C=N–C) groups is 1. The number of allylic oxidation sites excluding steroid dienone is 4. The van der Waals surface area contributed by atoms with Gasteiger partial charge in [-0.3, -0.25) is 4.99 Å². The van der Waals surface area contributed by atoms with Gasteiger partial charge in [-0.05, 0) is 19.4 Å². The van der Waals surface area contributed by atoms with Crippen LogP contribution in [-0.4, -0.2) is 12.9 Å². The van der Waals surface area contributed by atoms with Gasteiger partial charge in [0.1, 0.15) is 6.67 Å². The Hall–Kier alpha value is -1.31. The van der Waals surface area contributed by atoms with Crippen molar-refractivity contribution < 1.29 is 0 Å². The minimum absolute atomic E-state index is 0.667. The maximum atomic E-state index is 4.16. The Labute approximate surface area is 93.5 Å². The number of rotatable bonds is 2. The highest BCUT2D eigenvalue weighted by molar-refractivity contribution is 5.85. The van der Waals surface area contributed by atoms with Crippen molar-refractivity contribution in [1.29, 1.82) is 0 Å². The lowest BCUT2D eigenvalue weighted by Crippen LogP contribution is -2.20. The maximum absolute atomic E-state index is 4.16. The summed E-state index contributed by atoms with van der Waals surface area (Å²) in [5.41, 5.74) is 3.35. The van der Waals surface area contributed by atoms with Crippen LogP contribution in [0.25, 0.3) is 0 Å². The molecule has 2 heteroatoms. The molecule has 2 nitrogen and oxygen atoms in total. The second-order valence-electron chi connectivity index (χ2n) is 3.12. The second-order valence-corrected chi connectivity index (χ2v) is 3.12. The molecule has 0 aromatic carbocycles. The van der Waals surface area contributed by atoms with E-state index in [1.807, 2.05) is 33.1 Å². The molecule has 0 amide bonds. The van der Waals surface area contributed by atoms with Gasteiger partial charge in [-0.25, -0.2) is 0 Å². The minimum atomic E-state index is 0.667. The van der Waals surface area contributed by atoms with Gasteiger partial charge in [-0.15, -0.1) is 0 Å². The van der Waals surface area contributed by atoms with Crippen molar-refractivity contribution in [2.75, 3.05) is 6.67 Å². The van der Waals surface area contributed by atoms with Gasteiger partial charge in [0.05, 0.1) is 0 Å². The van der Waals surface area contributed by atoms with E-state index >= 15 is 0 Å².